The fraction of sp³-hybridized carbons (Fsp3) is 0.500. The average Bonchev–Trinajstić information content (AvgIpc) is 2.19. The van der Waals surface area contributed by atoms with Crippen LogP contribution < -0.4 is 10.0 Å². The van der Waals surface area contributed by atoms with Crippen molar-refractivity contribution < 1.29 is 18.7 Å². The van der Waals surface area contributed by atoms with Crippen LogP contribution in [0.4, 0.5) is 8.78 Å². The van der Waals surface area contributed by atoms with Gasteiger partial charge in [-0.25, -0.2) is 8.78 Å². The first-order chi connectivity index (χ1) is 7.09. The maximum Gasteiger partial charge on any atom is 0.257 e. The molecular weight excluding hydrogens is 202 g/mol. The fourth-order valence-electron chi connectivity index (χ4n) is 1.85. The smallest absolute Gasteiger partial charge is 0.257 e. The van der Waals surface area contributed by atoms with E-state index in [0.717, 1.165) is 4.73 Å². The maximum absolute atomic E-state index is 13.5. The van der Waals surface area contributed by atoms with E-state index in [1.807, 2.05) is 0 Å². The lowest BCUT2D eigenvalue weighted by Crippen LogP contribution is -2.43. The van der Waals surface area contributed by atoms with Gasteiger partial charge in [-0.2, -0.15) is 0 Å². The van der Waals surface area contributed by atoms with Gasteiger partial charge in [0.2, 0.25) is 12.4 Å². The second kappa shape index (κ2) is 3.73. The number of hydrogen-bond acceptors (Lipinski definition) is 2. The van der Waals surface area contributed by atoms with Crippen LogP contribution >= 0.6 is 0 Å². The van der Waals surface area contributed by atoms with Gasteiger partial charge in [0.05, 0.1) is 5.92 Å². The minimum atomic E-state index is -2.66. The lowest BCUT2D eigenvalue weighted by Gasteiger charge is -2.31. The molecule has 1 atom stereocenters. The molecule has 0 radical (unpaired) electrons. The van der Waals surface area contributed by atoms with Crippen molar-refractivity contribution in [3.05, 3.63) is 30.1 Å². The lowest BCUT2D eigenvalue weighted by atomic mass is 9.89. The molecule has 1 aliphatic rings. The van der Waals surface area contributed by atoms with E-state index >= 15 is 0 Å². The summed E-state index contributed by atoms with van der Waals surface area (Å²) in [5.41, 5.74) is 0.553. The average molecular weight is 215 g/mol. The summed E-state index contributed by atoms with van der Waals surface area (Å²) in [6, 6.07) is 3.04. The van der Waals surface area contributed by atoms with Crippen LogP contribution in [0.1, 0.15) is 17.9 Å². The summed E-state index contributed by atoms with van der Waals surface area (Å²) in [5, 5.41) is 12.0. The Morgan fingerprint density at radius 2 is 2.07 bits per heavy atom. The summed E-state index contributed by atoms with van der Waals surface area (Å²) in [5.74, 6) is -3.46. The monoisotopic (exact) mass is 215 g/mol. The van der Waals surface area contributed by atoms with Gasteiger partial charge in [0.1, 0.15) is 0 Å². The normalized spacial score (nSPS) is 25.1. The van der Waals surface area contributed by atoms with Crippen molar-refractivity contribution >= 4 is 0 Å². The third-order valence-corrected chi connectivity index (χ3v) is 2.74. The second-order valence-corrected chi connectivity index (χ2v) is 3.78. The Kier molecular flexibility index (Phi) is 2.56. The van der Waals surface area contributed by atoms with Crippen molar-refractivity contribution in [3.8, 4) is 0 Å². The van der Waals surface area contributed by atoms with Crippen molar-refractivity contribution in [2.24, 2.45) is 0 Å². The Balaban J connectivity index is 2.25. The highest BCUT2D eigenvalue weighted by Crippen LogP contribution is 2.37. The Bertz CT molecular complexity index is 340. The molecule has 1 aromatic heterocycles. The number of pyridine rings is 1. The van der Waals surface area contributed by atoms with E-state index in [9.17, 15) is 8.78 Å². The molecular formula is C10H13F2N2O+. The molecule has 1 aromatic rings. The Hall–Kier alpha value is -1.23. The minimum Gasteiger partial charge on any atom is -0.316 e. The van der Waals surface area contributed by atoms with Crippen molar-refractivity contribution in [2.75, 3.05) is 13.1 Å². The van der Waals surface area contributed by atoms with E-state index in [-0.39, 0.29) is 13.0 Å². The SMILES string of the molecule is O[n+]1ccc(C2CNCCC2(F)F)cc1. The van der Waals surface area contributed by atoms with E-state index in [2.05, 4.69) is 5.32 Å². The molecule has 5 heteroatoms. The van der Waals surface area contributed by atoms with Gasteiger partial charge < -0.3 is 5.32 Å². The molecule has 0 spiro atoms. The number of nitrogens with one attached hydrogen (secondary N) is 1. The molecule has 3 nitrogen and oxygen atoms in total. The van der Waals surface area contributed by atoms with Crippen molar-refractivity contribution in [3.63, 3.8) is 0 Å². The molecule has 1 unspecified atom stereocenters. The molecule has 1 saturated heterocycles. The van der Waals surface area contributed by atoms with Crippen LogP contribution in [0, 0.1) is 0 Å². The molecule has 0 amide bonds. The highest BCUT2D eigenvalue weighted by molar-refractivity contribution is 5.19. The number of rotatable bonds is 1. The van der Waals surface area contributed by atoms with Crippen LogP contribution in [0.3, 0.4) is 0 Å². The highest BCUT2D eigenvalue weighted by atomic mass is 19.3. The van der Waals surface area contributed by atoms with Crippen molar-refractivity contribution in [1.29, 1.82) is 0 Å². The minimum absolute atomic E-state index is 0.133. The molecule has 0 aromatic carbocycles. The zero-order valence-corrected chi connectivity index (χ0v) is 8.16. The number of piperidine rings is 1. The first kappa shape index (κ1) is 10.3. The van der Waals surface area contributed by atoms with Gasteiger partial charge in [0.15, 0.2) is 0 Å². The molecule has 1 aliphatic heterocycles. The third-order valence-electron chi connectivity index (χ3n) is 2.74. The summed E-state index contributed by atoms with van der Waals surface area (Å²) < 4.78 is 27.9. The molecule has 0 aliphatic carbocycles. The first-order valence-electron chi connectivity index (χ1n) is 4.88. The molecule has 15 heavy (non-hydrogen) atoms. The lowest BCUT2D eigenvalue weighted by molar-refractivity contribution is -0.904. The van der Waals surface area contributed by atoms with Gasteiger partial charge in [-0.05, 0) is 5.56 Å². The van der Waals surface area contributed by atoms with Gasteiger partial charge in [0, 0.05) is 36.4 Å². The third kappa shape index (κ3) is 2.07. The van der Waals surface area contributed by atoms with Crippen LogP contribution in [0.2, 0.25) is 0 Å². The Morgan fingerprint density at radius 3 is 2.67 bits per heavy atom. The van der Waals surface area contributed by atoms with Gasteiger partial charge in [-0.15, -0.1) is 0 Å². The van der Waals surface area contributed by atoms with Crippen LogP contribution in [-0.2, 0) is 0 Å². The van der Waals surface area contributed by atoms with Gasteiger partial charge in [-0.1, -0.05) is 0 Å². The van der Waals surface area contributed by atoms with Crippen molar-refractivity contribution in [1.82, 2.24) is 5.32 Å². The molecule has 2 heterocycles. The first-order valence-corrected chi connectivity index (χ1v) is 4.88. The van der Waals surface area contributed by atoms with E-state index in [0.29, 0.717) is 12.1 Å². The van der Waals surface area contributed by atoms with E-state index in [4.69, 9.17) is 5.21 Å². The largest absolute Gasteiger partial charge is 0.316 e. The second-order valence-electron chi connectivity index (χ2n) is 3.78. The van der Waals surface area contributed by atoms with Crippen LogP contribution in [-0.4, -0.2) is 24.2 Å². The summed E-state index contributed by atoms with van der Waals surface area (Å²) in [6.45, 7) is 0.638. The number of hydrogen-bond donors (Lipinski definition) is 2. The zero-order valence-electron chi connectivity index (χ0n) is 8.16. The quantitative estimate of drug-likeness (QED) is 0.540. The highest BCUT2D eigenvalue weighted by Gasteiger charge is 2.42. The number of aromatic nitrogens is 1. The number of alkyl halides is 2. The predicted molar refractivity (Wildman–Crippen MR) is 49.0 cm³/mol. The van der Waals surface area contributed by atoms with Gasteiger partial charge in [-0.3, -0.25) is 5.21 Å². The number of nitrogens with zero attached hydrogens (tertiary/aromatic N) is 1. The molecule has 1 fully saturated rings. The van der Waals surface area contributed by atoms with Gasteiger partial charge in [0.25, 0.3) is 5.92 Å². The zero-order chi connectivity index (χ0) is 10.9. The predicted octanol–water partition coefficient (Wildman–Crippen LogP) is 0.924. The summed E-state index contributed by atoms with van der Waals surface area (Å²) in [7, 11) is 0. The van der Waals surface area contributed by atoms with Gasteiger partial charge >= 0.3 is 0 Å². The Labute approximate surface area is 86.3 Å². The summed E-state index contributed by atoms with van der Waals surface area (Å²) in [4.78, 5) is 0. The van der Waals surface area contributed by atoms with E-state index in [1.165, 1.54) is 24.5 Å². The molecule has 0 bridgehead atoms. The molecule has 0 saturated carbocycles. The Morgan fingerprint density at radius 1 is 1.40 bits per heavy atom. The standard InChI is InChI=1S/C10H13F2N2O/c11-10(12)3-4-13-7-9(10)8-1-5-14(15)6-2-8/h1-2,5-6,9,13,15H,3-4,7H2/q+1. The fourth-order valence-corrected chi connectivity index (χ4v) is 1.85. The van der Waals surface area contributed by atoms with Crippen molar-refractivity contribution in [2.45, 2.75) is 18.3 Å². The van der Waals surface area contributed by atoms with Crippen LogP contribution in [0.25, 0.3) is 0 Å². The maximum atomic E-state index is 13.5. The summed E-state index contributed by atoms with van der Waals surface area (Å²) in [6.07, 6.45) is 2.59. The molecule has 2 N–H and O–H groups in total. The van der Waals surface area contributed by atoms with E-state index in [1.54, 1.807) is 0 Å². The van der Waals surface area contributed by atoms with E-state index < -0.39 is 11.8 Å². The number of halogens is 2. The topological polar surface area (TPSA) is 36.1 Å². The molecule has 2 rings (SSSR count). The van der Waals surface area contributed by atoms with Crippen LogP contribution in [0.15, 0.2) is 24.5 Å². The molecule has 82 valence electrons. The van der Waals surface area contributed by atoms with Crippen LogP contribution in [0.5, 0.6) is 0 Å². The summed E-state index contributed by atoms with van der Waals surface area (Å²) >= 11 is 0.